The fourth-order valence-electron chi connectivity index (χ4n) is 4.40. The number of hydrogen-bond donors (Lipinski definition) is 1. The van der Waals surface area contributed by atoms with Crippen LogP contribution in [0.25, 0.3) is 32.0 Å². The van der Waals surface area contributed by atoms with E-state index in [1.54, 1.807) is 35.7 Å². The number of nitrogen functional groups attached to an aromatic ring is 1. The van der Waals surface area contributed by atoms with Crippen molar-refractivity contribution in [1.82, 2.24) is 24.2 Å². The van der Waals surface area contributed by atoms with E-state index in [1.807, 2.05) is 0 Å². The van der Waals surface area contributed by atoms with Gasteiger partial charge in [-0.2, -0.15) is 0 Å². The second-order valence-corrected chi connectivity index (χ2v) is 10.9. The lowest BCUT2D eigenvalue weighted by atomic mass is 10.1. The number of nitrogens with two attached hydrogens (primary N) is 1. The fraction of sp³-hybridized carbons (Fsp3) is 0.360. The van der Waals surface area contributed by atoms with Crippen LogP contribution in [0.15, 0.2) is 41.6 Å². The SMILES string of the molecule is Cc1c(-c2cccc(SN3CCOCC3)c2)sc2c(N3CCOCC3)nc(-c3cnc(N)nc3)nc12. The number of morpholine rings is 2. The number of aromatic nitrogens is 4. The molecule has 1 aromatic carbocycles. The van der Waals surface area contributed by atoms with Gasteiger partial charge in [-0.25, -0.2) is 24.2 Å². The van der Waals surface area contributed by atoms with Gasteiger partial charge in [-0.3, -0.25) is 0 Å². The lowest BCUT2D eigenvalue weighted by Gasteiger charge is -2.28. The van der Waals surface area contributed by atoms with Gasteiger partial charge in [0.1, 0.15) is 0 Å². The van der Waals surface area contributed by atoms with Crippen LogP contribution in [0.4, 0.5) is 11.8 Å². The van der Waals surface area contributed by atoms with Crippen LogP contribution in [0.1, 0.15) is 5.56 Å². The molecule has 2 N–H and O–H groups in total. The Hall–Kier alpha value is -2.83. The number of hydrogen-bond acceptors (Lipinski definition) is 11. The number of rotatable bonds is 5. The third-order valence-electron chi connectivity index (χ3n) is 6.29. The largest absolute Gasteiger partial charge is 0.379 e. The van der Waals surface area contributed by atoms with Crippen molar-refractivity contribution in [1.29, 1.82) is 0 Å². The minimum Gasteiger partial charge on any atom is -0.379 e. The van der Waals surface area contributed by atoms with Crippen molar-refractivity contribution in [3.8, 4) is 21.8 Å². The summed E-state index contributed by atoms with van der Waals surface area (Å²) >= 11 is 3.55. The summed E-state index contributed by atoms with van der Waals surface area (Å²) in [4.78, 5) is 23.0. The molecule has 2 aliphatic rings. The third kappa shape index (κ3) is 4.76. The third-order valence-corrected chi connectivity index (χ3v) is 8.70. The summed E-state index contributed by atoms with van der Waals surface area (Å²) in [7, 11) is 0. The molecule has 4 aromatic rings. The number of ether oxygens (including phenoxy) is 2. The predicted octanol–water partition coefficient (Wildman–Crippen LogP) is 3.88. The molecular formula is C25H27N7O2S2. The van der Waals surface area contributed by atoms with E-state index in [0.717, 1.165) is 66.6 Å². The van der Waals surface area contributed by atoms with Crippen LogP contribution in [-0.2, 0) is 9.47 Å². The molecule has 6 rings (SSSR count). The van der Waals surface area contributed by atoms with E-state index < -0.39 is 0 Å². The van der Waals surface area contributed by atoms with Crippen molar-refractivity contribution in [2.24, 2.45) is 0 Å². The van der Waals surface area contributed by atoms with Crippen LogP contribution in [0.5, 0.6) is 0 Å². The first-order chi connectivity index (χ1) is 17.7. The van der Waals surface area contributed by atoms with E-state index in [2.05, 4.69) is 50.4 Å². The summed E-state index contributed by atoms with van der Waals surface area (Å²) in [5, 5.41) is 0. The Morgan fingerprint density at radius 1 is 0.944 bits per heavy atom. The van der Waals surface area contributed by atoms with Crippen LogP contribution < -0.4 is 10.6 Å². The van der Waals surface area contributed by atoms with Gasteiger partial charge in [0.2, 0.25) is 5.95 Å². The summed E-state index contributed by atoms with van der Waals surface area (Å²) in [5.74, 6) is 1.78. The Balaban J connectivity index is 1.43. The van der Waals surface area contributed by atoms with Crippen LogP contribution in [0.3, 0.4) is 0 Å². The predicted molar refractivity (Wildman–Crippen MR) is 144 cm³/mol. The molecule has 0 radical (unpaired) electrons. The van der Waals surface area contributed by atoms with E-state index in [0.29, 0.717) is 19.0 Å². The molecule has 2 saturated heterocycles. The van der Waals surface area contributed by atoms with E-state index in [1.165, 1.54) is 15.3 Å². The number of thiophene rings is 1. The van der Waals surface area contributed by atoms with Crippen molar-refractivity contribution in [3.63, 3.8) is 0 Å². The molecule has 36 heavy (non-hydrogen) atoms. The lowest BCUT2D eigenvalue weighted by Crippen LogP contribution is -2.36. The number of fused-ring (bicyclic) bond motifs is 1. The quantitative estimate of drug-likeness (QED) is 0.389. The number of aryl methyl sites for hydroxylation is 1. The maximum Gasteiger partial charge on any atom is 0.219 e. The van der Waals surface area contributed by atoms with E-state index >= 15 is 0 Å². The zero-order valence-electron chi connectivity index (χ0n) is 20.0. The van der Waals surface area contributed by atoms with Gasteiger partial charge in [-0.1, -0.05) is 12.1 Å². The summed E-state index contributed by atoms with van der Waals surface area (Å²) < 4.78 is 14.6. The Kier molecular flexibility index (Phi) is 6.72. The average molecular weight is 522 g/mol. The standard InChI is InChI=1S/C25H27N7O2S2/c1-16-20-22(35-21(16)17-3-2-4-19(13-17)36-32-7-11-34-12-8-32)24(31-5-9-33-10-6-31)30-23(29-20)18-14-27-25(26)28-15-18/h2-4,13-15H,5-12H2,1H3,(H2,26,27,28). The average Bonchev–Trinajstić information content (AvgIpc) is 3.26. The molecule has 186 valence electrons. The molecule has 0 atom stereocenters. The van der Waals surface area contributed by atoms with E-state index in [9.17, 15) is 0 Å². The summed E-state index contributed by atoms with van der Waals surface area (Å²) in [6.07, 6.45) is 3.36. The molecule has 3 aromatic heterocycles. The highest BCUT2D eigenvalue weighted by Gasteiger charge is 2.23. The van der Waals surface area contributed by atoms with Crippen LogP contribution in [0, 0.1) is 6.92 Å². The molecule has 5 heterocycles. The number of nitrogens with zero attached hydrogens (tertiary/aromatic N) is 6. The fourth-order valence-corrected chi connectivity index (χ4v) is 6.61. The normalized spacial score (nSPS) is 17.1. The monoisotopic (exact) mass is 521 g/mol. The molecule has 2 fully saturated rings. The van der Waals surface area contributed by atoms with Crippen molar-refractivity contribution in [2.45, 2.75) is 11.8 Å². The van der Waals surface area contributed by atoms with Gasteiger partial charge in [0.25, 0.3) is 0 Å². The minimum absolute atomic E-state index is 0.233. The molecule has 0 spiro atoms. The highest BCUT2D eigenvalue weighted by molar-refractivity contribution is 7.97. The van der Waals surface area contributed by atoms with Gasteiger partial charge < -0.3 is 20.1 Å². The molecule has 2 aliphatic heterocycles. The van der Waals surface area contributed by atoms with E-state index in [-0.39, 0.29) is 5.95 Å². The highest BCUT2D eigenvalue weighted by Crippen LogP contribution is 2.43. The minimum atomic E-state index is 0.233. The second kappa shape index (κ2) is 10.3. The summed E-state index contributed by atoms with van der Waals surface area (Å²) in [6.45, 7) is 8.55. The molecule has 9 nitrogen and oxygen atoms in total. The maximum atomic E-state index is 5.71. The van der Waals surface area contributed by atoms with Gasteiger partial charge in [0.15, 0.2) is 11.6 Å². The van der Waals surface area contributed by atoms with Gasteiger partial charge in [0, 0.05) is 48.3 Å². The molecular weight excluding hydrogens is 494 g/mol. The smallest absolute Gasteiger partial charge is 0.219 e. The lowest BCUT2D eigenvalue weighted by molar-refractivity contribution is 0.0773. The van der Waals surface area contributed by atoms with Crippen LogP contribution in [0.2, 0.25) is 0 Å². The Morgan fingerprint density at radius 2 is 1.67 bits per heavy atom. The van der Waals surface area contributed by atoms with Gasteiger partial charge in [0.05, 0.1) is 42.2 Å². The first kappa shape index (κ1) is 23.6. The second-order valence-electron chi connectivity index (χ2n) is 8.69. The summed E-state index contributed by atoms with van der Waals surface area (Å²) in [5.41, 5.74) is 9.76. The summed E-state index contributed by atoms with van der Waals surface area (Å²) in [6, 6.07) is 8.75. The highest BCUT2D eigenvalue weighted by atomic mass is 32.2. The van der Waals surface area contributed by atoms with Crippen molar-refractivity contribution >= 4 is 45.3 Å². The Morgan fingerprint density at radius 3 is 2.42 bits per heavy atom. The number of benzene rings is 1. The number of anilines is 2. The Bertz CT molecular complexity index is 1370. The molecule has 0 amide bonds. The van der Waals surface area contributed by atoms with Crippen LogP contribution >= 0.6 is 23.3 Å². The van der Waals surface area contributed by atoms with E-state index in [4.69, 9.17) is 25.2 Å². The van der Waals surface area contributed by atoms with Crippen molar-refractivity contribution < 1.29 is 9.47 Å². The molecule has 11 heteroatoms. The maximum absolute atomic E-state index is 5.71. The molecule has 0 unspecified atom stereocenters. The zero-order chi connectivity index (χ0) is 24.5. The van der Waals surface area contributed by atoms with Gasteiger partial charge >= 0.3 is 0 Å². The molecule has 0 aliphatic carbocycles. The first-order valence-electron chi connectivity index (χ1n) is 12.0. The van der Waals surface area contributed by atoms with Gasteiger partial charge in [-0.05, 0) is 42.1 Å². The first-order valence-corrected chi connectivity index (χ1v) is 13.6. The topological polar surface area (TPSA) is 103 Å². The van der Waals surface area contributed by atoms with Crippen molar-refractivity contribution in [3.05, 3.63) is 42.2 Å². The van der Waals surface area contributed by atoms with Crippen LogP contribution in [-0.4, -0.2) is 76.8 Å². The van der Waals surface area contributed by atoms with Gasteiger partial charge in [-0.15, -0.1) is 11.3 Å². The Labute approximate surface area is 217 Å². The van der Waals surface area contributed by atoms with Crippen molar-refractivity contribution in [2.75, 3.05) is 63.2 Å². The zero-order valence-corrected chi connectivity index (χ0v) is 21.6. The molecule has 0 saturated carbocycles. The molecule has 0 bridgehead atoms.